The lowest BCUT2D eigenvalue weighted by molar-refractivity contribution is 0.105. The van der Waals surface area contributed by atoms with Gasteiger partial charge in [0, 0.05) is 38.0 Å². The van der Waals surface area contributed by atoms with E-state index in [0.717, 1.165) is 38.0 Å². The minimum Gasteiger partial charge on any atom is -0.372 e. The molecule has 0 bridgehead atoms. The van der Waals surface area contributed by atoms with Crippen LogP contribution in [0, 0.1) is 0 Å². The van der Waals surface area contributed by atoms with E-state index in [4.69, 9.17) is 4.74 Å². The minimum absolute atomic E-state index is 0.517. The second-order valence-electron chi connectivity index (χ2n) is 4.19. The molecule has 2 rings (SSSR count). The molecule has 21 heavy (non-hydrogen) atoms. The molecule has 0 aromatic heterocycles. The molecule has 0 heterocycles. The highest BCUT2D eigenvalue weighted by Gasteiger charge is 2.10. The van der Waals surface area contributed by atoms with Gasteiger partial charge in [-0.05, 0) is 24.3 Å². The Morgan fingerprint density at radius 3 is 1.14 bits per heavy atom. The normalized spacial score (nSPS) is 11.0. The van der Waals surface area contributed by atoms with Crippen molar-refractivity contribution in [1.82, 2.24) is 0 Å². The first-order chi connectivity index (χ1) is 9.88. The molecule has 0 saturated carbocycles. The largest absolute Gasteiger partial charge is 0.372 e. The molecule has 7 heteroatoms. The van der Waals surface area contributed by atoms with Gasteiger partial charge >= 0.3 is 0 Å². The zero-order valence-corrected chi connectivity index (χ0v) is 19.9. The van der Waals surface area contributed by atoms with Gasteiger partial charge < -0.3 is 4.74 Å². The summed E-state index contributed by atoms with van der Waals surface area (Å²) < 4.78 is 11.9. The summed E-state index contributed by atoms with van der Waals surface area (Å²) in [5.41, 5.74) is 2.17. The molecule has 0 aliphatic carbocycles. The van der Waals surface area contributed by atoms with Gasteiger partial charge in [0.25, 0.3) is 0 Å². The van der Waals surface area contributed by atoms with Crippen LogP contribution in [-0.2, 0) is 18.0 Å². The van der Waals surface area contributed by atoms with Gasteiger partial charge in [0.15, 0.2) is 0 Å². The average molecular weight is 672 g/mol. The van der Waals surface area contributed by atoms with Crippen molar-refractivity contribution >= 4 is 95.6 Å². The second-order valence-corrected chi connectivity index (χ2v) is 9.44. The van der Waals surface area contributed by atoms with Crippen molar-refractivity contribution in [2.45, 2.75) is 13.2 Å². The fourth-order valence-electron chi connectivity index (χ4n) is 1.68. The summed E-state index contributed by atoms with van der Waals surface area (Å²) >= 11 is 21.2. The maximum atomic E-state index is 5.86. The van der Waals surface area contributed by atoms with Crippen molar-refractivity contribution in [2.24, 2.45) is 0 Å². The Balaban J connectivity index is 2.09. The molecule has 0 radical (unpaired) electrons. The standard InChI is InChI=1S/C14H8Br6O/c15-7-1-11(17)9(12(18)2-7)5-21-6-10-13(19)3-8(16)4-14(10)20/h1-4H,5-6H2. The van der Waals surface area contributed by atoms with E-state index in [2.05, 4.69) is 95.6 Å². The van der Waals surface area contributed by atoms with Crippen LogP contribution in [0.5, 0.6) is 0 Å². The van der Waals surface area contributed by atoms with Crippen LogP contribution in [0.4, 0.5) is 0 Å². The molecular formula is C14H8Br6O. The lowest BCUT2D eigenvalue weighted by Gasteiger charge is -2.12. The number of hydrogen-bond donors (Lipinski definition) is 0. The van der Waals surface area contributed by atoms with Gasteiger partial charge in [0.2, 0.25) is 0 Å². The zero-order valence-electron chi connectivity index (χ0n) is 10.4. The number of ether oxygens (including phenoxy) is 1. The third kappa shape index (κ3) is 5.13. The van der Waals surface area contributed by atoms with Crippen molar-refractivity contribution in [2.75, 3.05) is 0 Å². The molecule has 2 aromatic carbocycles. The molecule has 1 nitrogen and oxygen atoms in total. The predicted molar refractivity (Wildman–Crippen MR) is 108 cm³/mol. The van der Waals surface area contributed by atoms with E-state index in [1.807, 2.05) is 24.3 Å². The van der Waals surface area contributed by atoms with Gasteiger partial charge in [-0.1, -0.05) is 95.6 Å². The predicted octanol–water partition coefficient (Wildman–Crippen LogP) is 7.98. The van der Waals surface area contributed by atoms with Crippen molar-refractivity contribution in [3.05, 3.63) is 62.2 Å². The van der Waals surface area contributed by atoms with Gasteiger partial charge in [-0.25, -0.2) is 0 Å². The highest BCUT2D eigenvalue weighted by Crippen LogP contribution is 2.33. The Hall–Kier alpha value is 1.28. The number of halogens is 6. The first-order valence-electron chi connectivity index (χ1n) is 5.73. The molecule has 0 atom stereocenters. The van der Waals surface area contributed by atoms with E-state index in [1.165, 1.54) is 0 Å². The van der Waals surface area contributed by atoms with Crippen molar-refractivity contribution < 1.29 is 4.74 Å². The van der Waals surface area contributed by atoms with Crippen LogP contribution in [0.2, 0.25) is 0 Å². The lowest BCUT2D eigenvalue weighted by atomic mass is 10.2. The highest BCUT2D eigenvalue weighted by atomic mass is 79.9. The molecule has 0 saturated heterocycles. The molecule has 0 aliphatic heterocycles. The Bertz CT molecular complexity index is 567. The molecule has 0 unspecified atom stereocenters. The molecule has 0 fully saturated rings. The Morgan fingerprint density at radius 1 is 0.571 bits per heavy atom. The topological polar surface area (TPSA) is 9.23 Å². The van der Waals surface area contributed by atoms with Gasteiger partial charge in [-0.15, -0.1) is 0 Å². The molecule has 0 aliphatic rings. The van der Waals surface area contributed by atoms with E-state index in [-0.39, 0.29) is 0 Å². The Kier molecular flexibility index (Phi) is 7.45. The quantitative estimate of drug-likeness (QED) is 0.321. The van der Waals surface area contributed by atoms with Crippen LogP contribution < -0.4 is 0 Å². The van der Waals surface area contributed by atoms with Crippen LogP contribution in [0.1, 0.15) is 11.1 Å². The van der Waals surface area contributed by atoms with E-state index in [9.17, 15) is 0 Å². The summed E-state index contributed by atoms with van der Waals surface area (Å²) in [7, 11) is 0. The number of hydrogen-bond acceptors (Lipinski definition) is 1. The second kappa shape index (κ2) is 8.40. The average Bonchev–Trinajstić information content (AvgIpc) is 2.34. The number of rotatable bonds is 4. The number of benzene rings is 2. The van der Waals surface area contributed by atoms with Crippen molar-refractivity contribution in [3.8, 4) is 0 Å². The third-order valence-corrected chi connectivity index (χ3v) is 6.45. The SMILES string of the molecule is Brc1cc(Br)c(COCc2c(Br)cc(Br)cc2Br)c(Br)c1. The molecule has 112 valence electrons. The summed E-state index contributed by atoms with van der Waals surface area (Å²) in [6.07, 6.45) is 0. The van der Waals surface area contributed by atoms with Gasteiger partial charge in [0.05, 0.1) is 13.2 Å². The molecular weight excluding hydrogens is 664 g/mol. The molecule has 0 spiro atoms. The van der Waals surface area contributed by atoms with Crippen LogP contribution in [-0.4, -0.2) is 0 Å². The smallest absolute Gasteiger partial charge is 0.0743 e. The summed E-state index contributed by atoms with van der Waals surface area (Å²) in [4.78, 5) is 0. The summed E-state index contributed by atoms with van der Waals surface area (Å²) in [5.74, 6) is 0. The van der Waals surface area contributed by atoms with Gasteiger partial charge in [-0.2, -0.15) is 0 Å². The zero-order chi connectivity index (χ0) is 15.6. The fourth-order valence-corrected chi connectivity index (χ4v) is 6.65. The molecule has 2 aromatic rings. The van der Waals surface area contributed by atoms with Crippen LogP contribution in [0.15, 0.2) is 51.1 Å². The summed E-state index contributed by atoms with van der Waals surface area (Å²) in [5, 5.41) is 0. The van der Waals surface area contributed by atoms with Gasteiger partial charge in [0.1, 0.15) is 0 Å². The Labute approximate surface area is 174 Å². The van der Waals surface area contributed by atoms with Gasteiger partial charge in [-0.3, -0.25) is 0 Å². The fraction of sp³-hybridized carbons (Fsp3) is 0.143. The monoisotopic (exact) mass is 666 g/mol. The highest BCUT2D eigenvalue weighted by molar-refractivity contribution is 9.12. The Morgan fingerprint density at radius 2 is 0.857 bits per heavy atom. The lowest BCUT2D eigenvalue weighted by Crippen LogP contribution is -1.98. The van der Waals surface area contributed by atoms with E-state index in [1.54, 1.807) is 0 Å². The van der Waals surface area contributed by atoms with E-state index < -0.39 is 0 Å². The maximum Gasteiger partial charge on any atom is 0.0743 e. The minimum atomic E-state index is 0.517. The van der Waals surface area contributed by atoms with Crippen LogP contribution in [0.3, 0.4) is 0 Å². The summed E-state index contributed by atoms with van der Waals surface area (Å²) in [6.45, 7) is 1.03. The van der Waals surface area contributed by atoms with E-state index in [0.29, 0.717) is 13.2 Å². The van der Waals surface area contributed by atoms with Crippen molar-refractivity contribution in [1.29, 1.82) is 0 Å². The summed E-state index contributed by atoms with van der Waals surface area (Å²) in [6, 6.07) is 8.04. The van der Waals surface area contributed by atoms with Crippen molar-refractivity contribution in [3.63, 3.8) is 0 Å². The van der Waals surface area contributed by atoms with Crippen LogP contribution >= 0.6 is 95.6 Å². The first kappa shape index (κ1) is 18.6. The molecule has 0 amide bonds. The molecule has 0 N–H and O–H groups in total. The maximum absolute atomic E-state index is 5.86. The van der Waals surface area contributed by atoms with Crippen LogP contribution in [0.25, 0.3) is 0 Å². The first-order valence-corrected chi connectivity index (χ1v) is 10.5. The third-order valence-electron chi connectivity index (χ3n) is 2.70. The van der Waals surface area contributed by atoms with E-state index >= 15 is 0 Å².